The van der Waals surface area contributed by atoms with Crippen molar-refractivity contribution in [1.82, 2.24) is 10.6 Å². The molecule has 0 saturated carbocycles. The molecule has 5 nitrogen and oxygen atoms in total. The van der Waals surface area contributed by atoms with Crippen molar-refractivity contribution in [2.45, 2.75) is 19.4 Å². The molecule has 0 bridgehead atoms. The van der Waals surface area contributed by atoms with Crippen LogP contribution in [0.1, 0.15) is 13.3 Å². The molecule has 0 radical (unpaired) electrons. The van der Waals surface area contributed by atoms with Crippen molar-refractivity contribution in [2.24, 2.45) is 0 Å². The van der Waals surface area contributed by atoms with E-state index in [1.807, 2.05) is 0 Å². The van der Waals surface area contributed by atoms with Crippen LogP contribution in [-0.2, 0) is 4.79 Å². The predicted molar refractivity (Wildman–Crippen MR) is 39.3 cm³/mol. The predicted octanol–water partition coefficient (Wildman–Crippen LogP) is -0.221. The Balaban J connectivity index is 3.60. The van der Waals surface area contributed by atoms with Gasteiger partial charge in [0.25, 0.3) is 0 Å². The fraction of sp³-hybridized carbons (Fsp3) is 0.667. The van der Waals surface area contributed by atoms with Gasteiger partial charge in [0.05, 0.1) is 0 Å². The summed E-state index contributed by atoms with van der Waals surface area (Å²) in [6.07, 6.45) is -0.940. The van der Waals surface area contributed by atoms with Gasteiger partial charge in [-0.05, 0) is 6.92 Å². The van der Waals surface area contributed by atoms with Crippen LogP contribution >= 0.6 is 0 Å². The lowest BCUT2D eigenvalue weighted by Crippen LogP contribution is -2.35. The van der Waals surface area contributed by atoms with Gasteiger partial charge in [0.2, 0.25) is 5.91 Å². The first-order valence-corrected chi connectivity index (χ1v) is 3.26. The third kappa shape index (κ3) is 5.20. The van der Waals surface area contributed by atoms with E-state index in [0.29, 0.717) is 0 Å². The monoisotopic (exact) mass is 160 g/mol. The van der Waals surface area contributed by atoms with E-state index >= 15 is 0 Å². The van der Waals surface area contributed by atoms with Gasteiger partial charge < -0.3 is 15.7 Å². The van der Waals surface area contributed by atoms with E-state index < -0.39 is 6.09 Å². The zero-order valence-electron chi connectivity index (χ0n) is 6.55. The van der Waals surface area contributed by atoms with Crippen LogP contribution in [0.2, 0.25) is 0 Å². The van der Waals surface area contributed by atoms with Gasteiger partial charge in [0.1, 0.15) is 0 Å². The summed E-state index contributed by atoms with van der Waals surface area (Å²) in [6.45, 7) is 1.63. The number of nitrogens with one attached hydrogen (secondary N) is 2. The Morgan fingerprint density at radius 1 is 1.55 bits per heavy atom. The van der Waals surface area contributed by atoms with Gasteiger partial charge in [-0.15, -0.1) is 0 Å². The minimum atomic E-state index is -1.11. The summed E-state index contributed by atoms with van der Waals surface area (Å²) < 4.78 is 0. The molecule has 0 aromatic rings. The summed E-state index contributed by atoms with van der Waals surface area (Å²) in [5.41, 5.74) is 0. The average molecular weight is 160 g/mol. The van der Waals surface area contributed by atoms with E-state index in [1.165, 1.54) is 7.05 Å². The molecule has 0 aliphatic rings. The molecule has 0 aliphatic carbocycles. The maximum atomic E-state index is 10.7. The number of carbonyl (C=O) groups excluding carboxylic acids is 1. The second-order valence-corrected chi connectivity index (χ2v) is 2.23. The summed E-state index contributed by atoms with van der Waals surface area (Å²) in [5, 5.41) is 12.8. The van der Waals surface area contributed by atoms with Gasteiger partial charge >= 0.3 is 6.09 Å². The van der Waals surface area contributed by atoms with Crippen LogP contribution in [0, 0.1) is 0 Å². The molecular weight excluding hydrogens is 148 g/mol. The van der Waals surface area contributed by atoms with E-state index in [1.54, 1.807) is 6.92 Å². The van der Waals surface area contributed by atoms with Gasteiger partial charge in [0.15, 0.2) is 0 Å². The minimum absolute atomic E-state index is 0.169. The molecular formula is C6H12N2O3. The Bertz CT molecular complexity index is 158. The van der Waals surface area contributed by atoms with Crippen LogP contribution in [0.4, 0.5) is 4.79 Å². The van der Waals surface area contributed by atoms with E-state index in [2.05, 4.69) is 10.6 Å². The molecule has 0 aromatic heterocycles. The summed E-state index contributed by atoms with van der Waals surface area (Å²) in [6, 6.07) is -0.340. The number of rotatable bonds is 3. The first kappa shape index (κ1) is 9.74. The zero-order chi connectivity index (χ0) is 8.85. The molecule has 0 fully saturated rings. The van der Waals surface area contributed by atoms with Crippen molar-refractivity contribution < 1.29 is 14.7 Å². The highest BCUT2D eigenvalue weighted by Crippen LogP contribution is 1.88. The molecule has 0 spiro atoms. The van der Waals surface area contributed by atoms with Crippen molar-refractivity contribution in [1.29, 1.82) is 0 Å². The molecule has 2 amide bonds. The summed E-state index contributed by atoms with van der Waals surface area (Å²) in [5.74, 6) is -0.175. The van der Waals surface area contributed by atoms with E-state index in [4.69, 9.17) is 5.11 Å². The number of hydrogen-bond donors (Lipinski definition) is 3. The third-order valence-corrected chi connectivity index (χ3v) is 1.14. The Kier molecular flexibility index (Phi) is 4.02. The molecule has 5 heteroatoms. The van der Waals surface area contributed by atoms with Gasteiger partial charge in [0, 0.05) is 19.5 Å². The summed E-state index contributed by atoms with van der Waals surface area (Å²) in [4.78, 5) is 20.7. The molecule has 1 unspecified atom stereocenters. The summed E-state index contributed by atoms with van der Waals surface area (Å²) in [7, 11) is 1.51. The van der Waals surface area contributed by atoms with Crippen molar-refractivity contribution in [2.75, 3.05) is 7.05 Å². The van der Waals surface area contributed by atoms with Crippen LogP contribution in [0.3, 0.4) is 0 Å². The van der Waals surface area contributed by atoms with Gasteiger partial charge in [-0.2, -0.15) is 0 Å². The number of carbonyl (C=O) groups is 2. The highest BCUT2D eigenvalue weighted by Gasteiger charge is 2.08. The Morgan fingerprint density at radius 3 is 2.45 bits per heavy atom. The number of hydrogen-bond acceptors (Lipinski definition) is 2. The number of amides is 2. The molecule has 3 N–H and O–H groups in total. The second kappa shape index (κ2) is 4.54. The molecule has 0 aliphatic heterocycles. The molecule has 0 rings (SSSR count). The lowest BCUT2D eigenvalue weighted by Gasteiger charge is -2.08. The SMILES string of the molecule is CNC(=O)CC(C)NC(=O)O. The van der Waals surface area contributed by atoms with Crippen LogP contribution in [0.25, 0.3) is 0 Å². The topological polar surface area (TPSA) is 78.4 Å². The quantitative estimate of drug-likeness (QED) is 0.534. The van der Waals surface area contributed by atoms with Gasteiger partial charge in [-0.3, -0.25) is 4.79 Å². The average Bonchev–Trinajstić information content (AvgIpc) is 1.85. The fourth-order valence-corrected chi connectivity index (χ4v) is 0.642. The van der Waals surface area contributed by atoms with Gasteiger partial charge in [-0.25, -0.2) is 4.79 Å². The van der Waals surface area contributed by atoms with E-state index in [0.717, 1.165) is 0 Å². The molecule has 64 valence electrons. The lowest BCUT2D eigenvalue weighted by molar-refractivity contribution is -0.120. The molecule has 11 heavy (non-hydrogen) atoms. The highest BCUT2D eigenvalue weighted by molar-refractivity contribution is 5.77. The van der Waals surface area contributed by atoms with Crippen LogP contribution < -0.4 is 10.6 Å². The smallest absolute Gasteiger partial charge is 0.404 e. The van der Waals surface area contributed by atoms with Crippen molar-refractivity contribution in [3.8, 4) is 0 Å². The van der Waals surface area contributed by atoms with Gasteiger partial charge in [-0.1, -0.05) is 0 Å². The van der Waals surface area contributed by atoms with Crippen LogP contribution in [0.5, 0.6) is 0 Å². The van der Waals surface area contributed by atoms with Crippen LogP contribution in [-0.4, -0.2) is 30.2 Å². The first-order chi connectivity index (χ1) is 5.06. The van der Waals surface area contributed by atoms with Crippen molar-refractivity contribution in [3.05, 3.63) is 0 Å². The Morgan fingerprint density at radius 2 is 2.09 bits per heavy atom. The summed E-state index contributed by atoms with van der Waals surface area (Å²) >= 11 is 0. The highest BCUT2D eigenvalue weighted by atomic mass is 16.4. The maximum Gasteiger partial charge on any atom is 0.404 e. The molecule has 0 saturated heterocycles. The lowest BCUT2D eigenvalue weighted by atomic mass is 10.2. The van der Waals surface area contributed by atoms with Crippen molar-refractivity contribution in [3.63, 3.8) is 0 Å². The largest absolute Gasteiger partial charge is 0.465 e. The number of carboxylic acid groups (broad SMARTS) is 1. The maximum absolute atomic E-state index is 10.7. The first-order valence-electron chi connectivity index (χ1n) is 3.26. The molecule has 0 aromatic carbocycles. The van der Waals surface area contributed by atoms with E-state index in [-0.39, 0.29) is 18.4 Å². The van der Waals surface area contributed by atoms with Crippen LogP contribution in [0.15, 0.2) is 0 Å². The Hall–Kier alpha value is -1.26. The molecule has 1 atom stereocenters. The fourth-order valence-electron chi connectivity index (χ4n) is 0.642. The normalized spacial score (nSPS) is 11.8. The third-order valence-electron chi connectivity index (χ3n) is 1.14. The zero-order valence-corrected chi connectivity index (χ0v) is 6.55. The standard InChI is InChI=1S/C6H12N2O3/c1-4(8-6(10)11)3-5(9)7-2/h4,8H,3H2,1-2H3,(H,7,9)(H,10,11). The Labute approximate surface area is 64.8 Å². The second-order valence-electron chi connectivity index (χ2n) is 2.23. The van der Waals surface area contributed by atoms with Crippen molar-refractivity contribution >= 4 is 12.0 Å². The minimum Gasteiger partial charge on any atom is -0.465 e. The van der Waals surface area contributed by atoms with E-state index in [9.17, 15) is 9.59 Å². The molecule has 0 heterocycles.